The summed E-state index contributed by atoms with van der Waals surface area (Å²) >= 11 is 5.75. The van der Waals surface area contributed by atoms with E-state index < -0.39 is 25.9 Å². The van der Waals surface area contributed by atoms with Gasteiger partial charge in [0, 0.05) is 16.4 Å². The van der Waals surface area contributed by atoms with Gasteiger partial charge < -0.3 is 0 Å². The van der Waals surface area contributed by atoms with E-state index in [4.69, 9.17) is 11.6 Å². The number of anilines is 2. The topological polar surface area (TPSA) is 92.3 Å². The molecule has 0 heterocycles. The molecule has 0 saturated heterocycles. The molecule has 3 aromatic carbocycles. The van der Waals surface area contributed by atoms with E-state index in [9.17, 15) is 21.2 Å². The number of benzene rings is 3. The van der Waals surface area contributed by atoms with Gasteiger partial charge in [-0.2, -0.15) is 0 Å². The van der Waals surface area contributed by atoms with E-state index in [0.717, 1.165) is 12.1 Å². The van der Waals surface area contributed by atoms with Crippen LogP contribution >= 0.6 is 11.6 Å². The Kier molecular flexibility index (Phi) is 5.59. The van der Waals surface area contributed by atoms with E-state index in [2.05, 4.69) is 9.44 Å². The first kappa shape index (κ1) is 20.1. The monoisotopic (exact) mass is 440 g/mol. The van der Waals surface area contributed by atoms with E-state index in [-0.39, 0.29) is 21.2 Å². The summed E-state index contributed by atoms with van der Waals surface area (Å²) in [5, 5.41) is 0.405. The van der Waals surface area contributed by atoms with Crippen molar-refractivity contribution < 1.29 is 21.2 Å². The molecular weight excluding hydrogens is 427 g/mol. The molecule has 0 spiro atoms. The standard InChI is InChI=1S/C18H14ClFN2O4S2/c19-13-1-9-17(10-2-13)27(23,24)22-16-7-11-18(12-8-16)28(25,26)21-15-5-3-14(20)4-6-15/h1-12,21-22H. The number of rotatable bonds is 6. The van der Waals surface area contributed by atoms with Gasteiger partial charge >= 0.3 is 0 Å². The molecule has 146 valence electrons. The van der Waals surface area contributed by atoms with Crippen molar-refractivity contribution in [3.8, 4) is 0 Å². The largest absolute Gasteiger partial charge is 0.280 e. The van der Waals surface area contributed by atoms with Crippen LogP contribution < -0.4 is 9.44 Å². The summed E-state index contributed by atoms with van der Waals surface area (Å²) in [6, 6.07) is 15.6. The molecule has 0 aliphatic carbocycles. The normalized spacial score (nSPS) is 11.8. The van der Waals surface area contributed by atoms with Gasteiger partial charge in [-0.15, -0.1) is 0 Å². The fourth-order valence-electron chi connectivity index (χ4n) is 2.26. The Hall–Kier alpha value is -2.62. The van der Waals surface area contributed by atoms with Crippen molar-refractivity contribution in [3.05, 3.63) is 83.6 Å². The summed E-state index contributed by atoms with van der Waals surface area (Å²) in [5.41, 5.74) is 0.393. The summed E-state index contributed by atoms with van der Waals surface area (Å²) in [5.74, 6) is -0.486. The van der Waals surface area contributed by atoms with Crippen LogP contribution in [0.15, 0.2) is 82.6 Å². The van der Waals surface area contributed by atoms with Gasteiger partial charge in [0.2, 0.25) is 0 Å². The Bertz CT molecular complexity index is 1180. The summed E-state index contributed by atoms with van der Waals surface area (Å²) in [6.07, 6.45) is 0. The van der Waals surface area contributed by atoms with Crippen LogP contribution in [0.25, 0.3) is 0 Å². The minimum Gasteiger partial charge on any atom is -0.280 e. The maximum atomic E-state index is 12.9. The van der Waals surface area contributed by atoms with Gasteiger partial charge in [0.15, 0.2) is 0 Å². The average molecular weight is 441 g/mol. The van der Waals surface area contributed by atoms with Crippen LogP contribution in [-0.4, -0.2) is 16.8 Å². The molecule has 0 bridgehead atoms. The van der Waals surface area contributed by atoms with Crippen LogP contribution in [0, 0.1) is 5.82 Å². The van der Waals surface area contributed by atoms with Crippen LogP contribution in [0.2, 0.25) is 5.02 Å². The SMILES string of the molecule is O=S(=O)(Nc1ccc(S(=O)(=O)Nc2ccc(F)cc2)cc1)c1ccc(Cl)cc1. The first-order valence-corrected chi connectivity index (χ1v) is 11.2. The highest BCUT2D eigenvalue weighted by atomic mass is 35.5. The van der Waals surface area contributed by atoms with E-state index >= 15 is 0 Å². The molecule has 0 aromatic heterocycles. The molecule has 0 aliphatic rings. The molecule has 2 N–H and O–H groups in total. The van der Waals surface area contributed by atoms with Crippen LogP contribution in [0.1, 0.15) is 0 Å². The maximum absolute atomic E-state index is 12.9. The Labute approximate surface area is 167 Å². The molecule has 28 heavy (non-hydrogen) atoms. The zero-order chi connectivity index (χ0) is 20.4. The first-order chi connectivity index (χ1) is 13.2. The molecule has 3 rings (SSSR count). The number of halogens is 2. The Morgan fingerprint density at radius 3 is 1.39 bits per heavy atom. The molecule has 10 heteroatoms. The molecule has 0 unspecified atom stereocenters. The van der Waals surface area contributed by atoms with E-state index in [1.54, 1.807) is 0 Å². The lowest BCUT2D eigenvalue weighted by Crippen LogP contribution is -2.14. The minimum absolute atomic E-state index is 0.0200. The van der Waals surface area contributed by atoms with Crippen LogP contribution in [-0.2, 0) is 20.0 Å². The third-order valence-electron chi connectivity index (χ3n) is 3.64. The van der Waals surface area contributed by atoms with E-state index in [1.165, 1.54) is 60.7 Å². The molecule has 0 radical (unpaired) electrons. The predicted octanol–water partition coefficient (Wildman–Crippen LogP) is 4.08. The Morgan fingerprint density at radius 2 is 0.964 bits per heavy atom. The average Bonchev–Trinajstić information content (AvgIpc) is 2.64. The molecule has 0 aliphatic heterocycles. The molecule has 0 fully saturated rings. The summed E-state index contributed by atoms with van der Waals surface area (Å²) < 4.78 is 67.1. The lowest BCUT2D eigenvalue weighted by Gasteiger charge is -2.10. The number of hydrogen-bond donors (Lipinski definition) is 2. The van der Waals surface area contributed by atoms with Crippen molar-refractivity contribution in [1.82, 2.24) is 0 Å². The summed E-state index contributed by atoms with van der Waals surface area (Å²) in [4.78, 5) is -0.0576. The molecular formula is C18H14ClFN2O4S2. The first-order valence-electron chi connectivity index (χ1n) is 7.83. The van der Waals surface area contributed by atoms with Crippen LogP contribution in [0.4, 0.5) is 15.8 Å². The van der Waals surface area contributed by atoms with E-state index in [1.807, 2.05) is 0 Å². The minimum atomic E-state index is -3.91. The zero-order valence-electron chi connectivity index (χ0n) is 14.1. The zero-order valence-corrected chi connectivity index (χ0v) is 16.5. The predicted molar refractivity (Wildman–Crippen MR) is 106 cm³/mol. The Morgan fingerprint density at radius 1 is 0.607 bits per heavy atom. The van der Waals surface area contributed by atoms with Gasteiger partial charge in [0.25, 0.3) is 20.0 Å². The highest BCUT2D eigenvalue weighted by Crippen LogP contribution is 2.21. The second-order valence-electron chi connectivity index (χ2n) is 5.70. The van der Waals surface area contributed by atoms with Crippen LogP contribution in [0.5, 0.6) is 0 Å². The van der Waals surface area contributed by atoms with Gasteiger partial charge in [0.1, 0.15) is 5.82 Å². The van der Waals surface area contributed by atoms with Gasteiger partial charge in [-0.3, -0.25) is 9.44 Å². The van der Waals surface area contributed by atoms with Crippen molar-refractivity contribution in [3.63, 3.8) is 0 Å². The Balaban J connectivity index is 1.77. The second-order valence-corrected chi connectivity index (χ2v) is 9.50. The fraction of sp³-hybridized carbons (Fsp3) is 0. The van der Waals surface area contributed by atoms with Gasteiger partial charge in [-0.1, -0.05) is 11.6 Å². The lowest BCUT2D eigenvalue weighted by atomic mass is 10.3. The fourth-order valence-corrected chi connectivity index (χ4v) is 4.51. The highest BCUT2D eigenvalue weighted by molar-refractivity contribution is 7.93. The number of sulfonamides is 2. The maximum Gasteiger partial charge on any atom is 0.261 e. The van der Waals surface area contributed by atoms with Crippen molar-refractivity contribution >= 4 is 43.0 Å². The van der Waals surface area contributed by atoms with Crippen molar-refractivity contribution in [2.75, 3.05) is 9.44 Å². The highest BCUT2D eigenvalue weighted by Gasteiger charge is 2.17. The summed E-state index contributed by atoms with van der Waals surface area (Å²) in [7, 11) is -7.75. The number of hydrogen-bond acceptors (Lipinski definition) is 4. The summed E-state index contributed by atoms with van der Waals surface area (Å²) in [6.45, 7) is 0. The molecule has 0 amide bonds. The van der Waals surface area contributed by atoms with Gasteiger partial charge in [-0.25, -0.2) is 21.2 Å². The number of nitrogens with one attached hydrogen (secondary N) is 2. The molecule has 3 aromatic rings. The van der Waals surface area contributed by atoms with Crippen molar-refractivity contribution in [2.24, 2.45) is 0 Å². The lowest BCUT2D eigenvalue weighted by molar-refractivity contribution is 0.600. The quantitative estimate of drug-likeness (QED) is 0.604. The third kappa shape index (κ3) is 4.80. The van der Waals surface area contributed by atoms with Gasteiger partial charge in [-0.05, 0) is 72.8 Å². The third-order valence-corrected chi connectivity index (χ3v) is 6.68. The molecule has 6 nitrogen and oxygen atoms in total. The van der Waals surface area contributed by atoms with Crippen LogP contribution in [0.3, 0.4) is 0 Å². The molecule has 0 atom stereocenters. The van der Waals surface area contributed by atoms with Crippen molar-refractivity contribution in [2.45, 2.75) is 9.79 Å². The smallest absolute Gasteiger partial charge is 0.261 e. The molecule has 0 saturated carbocycles. The second kappa shape index (κ2) is 7.78. The van der Waals surface area contributed by atoms with Gasteiger partial charge in [0.05, 0.1) is 9.79 Å². The van der Waals surface area contributed by atoms with Crippen molar-refractivity contribution in [1.29, 1.82) is 0 Å². The van der Waals surface area contributed by atoms with E-state index in [0.29, 0.717) is 5.02 Å².